The summed E-state index contributed by atoms with van der Waals surface area (Å²) >= 11 is 0. The van der Waals surface area contributed by atoms with Crippen LogP contribution in [0.3, 0.4) is 0 Å². The van der Waals surface area contributed by atoms with Crippen LogP contribution >= 0.6 is 0 Å². The Balaban J connectivity index is 1.79. The molecule has 0 N–H and O–H groups in total. The third kappa shape index (κ3) is 1.97. The van der Waals surface area contributed by atoms with Gasteiger partial charge in [-0.05, 0) is 43.1 Å². The first-order valence-corrected chi connectivity index (χ1v) is 6.64. The molecule has 2 nitrogen and oxygen atoms in total. The maximum atomic E-state index is 2.47. The quantitative estimate of drug-likeness (QED) is 0.800. The second kappa shape index (κ2) is 4.62. The molecule has 1 aromatic heterocycles. The number of hydrogen-bond acceptors (Lipinski definition) is 1. The van der Waals surface area contributed by atoms with Gasteiger partial charge in [-0.3, -0.25) is 4.90 Å². The Bertz CT molecular complexity index is 542. The van der Waals surface area contributed by atoms with Crippen molar-refractivity contribution in [3.05, 3.63) is 59.4 Å². The molecule has 0 radical (unpaired) electrons. The van der Waals surface area contributed by atoms with Gasteiger partial charge in [-0.25, -0.2) is 0 Å². The topological polar surface area (TPSA) is 8.17 Å². The van der Waals surface area contributed by atoms with Gasteiger partial charge in [0.05, 0.1) is 0 Å². The molecule has 0 fully saturated rings. The first-order valence-electron chi connectivity index (χ1n) is 6.64. The first kappa shape index (κ1) is 11.5. The van der Waals surface area contributed by atoms with E-state index in [0.29, 0.717) is 6.04 Å². The molecule has 1 heterocycles. The van der Waals surface area contributed by atoms with Crippen LogP contribution < -0.4 is 0 Å². The fourth-order valence-electron chi connectivity index (χ4n) is 3.02. The Kier molecular flexibility index (Phi) is 2.96. The normalized spacial score (nSPS) is 18.3. The Morgan fingerprint density at radius 2 is 2.06 bits per heavy atom. The minimum absolute atomic E-state index is 0.580. The van der Waals surface area contributed by atoms with Crippen molar-refractivity contribution >= 4 is 0 Å². The lowest BCUT2D eigenvalue weighted by Crippen LogP contribution is -2.23. The van der Waals surface area contributed by atoms with E-state index in [9.17, 15) is 0 Å². The molecule has 0 spiro atoms. The third-order valence-corrected chi connectivity index (χ3v) is 4.10. The minimum Gasteiger partial charge on any atom is -0.353 e. The van der Waals surface area contributed by atoms with Crippen molar-refractivity contribution in [2.75, 3.05) is 7.05 Å². The summed E-state index contributed by atoms with van der Waals surface area (Å²) in [6.45, 7) is 1.02. The summed E-state index contributed by atoms with van der Waals surface area (Å²) in [6, 6.07) is 13.8. The second-order valence-corrected chi connectivity index (χ2v) is 5.28. The van der Waals surface area contributed by atoms with Gasteiger partial charge in [-0.2, -0.15) is 0 Å². The number of hydrogen-bond donors (Lipinski definition) is 0. The van der Waals surface area contributed by atoms with Crippen LogP contribution in [0.15, 0.2) is 42.6 Å². The Labute approximate surface area is 109 Å². The Morgan fingerprint density at radius 3 is 2.83 bits per heavy atom. The molecule has 1 aliphatic carbocycles. The van der Waals surface area contributed by atoms with Gasteiger partial charge in [0.1, 0.15) is 0 Å². The summed E-state index contributed by atoms with van der Waals surface area (Å²) < 4.78 is 2.21. The summed E-state index contributed by atoms with van der Waals surface area (Å²) in [6.07, 6.45) is 4.59. The predicted molar refractivity (Wildman–Crippen MR) is 74.4 cm³/mol. The van der Waals surface area contributed by atoms with Crippen LogP contribution in [0.2, 0.25) is 0 Å². The van der Waals surface area contributed by atoms with Crippen LogP contribution in [0.4, 0.5) is 0 Å². The Morgan fingerprint density at radius 1 is 1.22 bits per heavy atom. The average molecular weight is 240 g/mol. The molecule has 2 heteroatoms. The van der Waals surface area contributed by atoms with E-state index in [1.165, 1.54) is 29.7 Å². The van der Waals surface area contributed by atoms with Crippen molar-refractivity contribution < 1.29 is 0 Å². The number of fused-ring (bicyclic) bond motifs is 1. The van der Waals surface area contributed by atoms with Crippen molar-refractivity contribution in [2.24, 2.45) is 7.05 Å². The SMILES string of the molecule is CN(Cc1cccn1C)C1CCc2ccccc21. The third-order valence-electron chi connectivity index (χ3n) is 4.10. The van der Waals surface area contributed by atoms with Crippen LogP contribution in [-0.2, 0) is 20.0 Å². The van der Waals surface area contributed by atoms with Crippen molar-refractivity contribution in [3.63, 3.8) is 0 Å². The molecule has 1 aromatic carbocycles. The van der Waals surface area contributed by atoms with Crippen molar-refractivity contribution in [1.29, 1.82) is 0 Å². The zero-order valence-electron chi connectivity index (χ0n) is 11.1. The monoisotopic (exact) mass is 240 g/mol. The summed E-state index contributed by atoms with van der Waals surface area (Å²) in [7, 11) is 4.35. The van der Waals surface area contributed by atoms with Crippen LogP contribution in [0.1, 0.15) is 29.3 Å². The molecule has 0 saturated heterocycles. The molecule has 1 aliphatic rings. The molecule has 0 saturated carbocycles. The van der Waals surface area contributed by atoms with Crippen LogP contribution in [0.25, 0.3) is 0 Å². The van der Waals surface area contributed by atoms with E-state index in [-0.39, 0.29) is 0 Å². The van der Waals surface area contributed by atoms with Gasteiger partial charge >= 0.3 is 0 Å². The fourth-order valence-corrected chi connectivity index (χ4v) is 3.02. The highest BCUT2D eigenvalue weighted by Gasteiger charge is 2.25. The zero-order valence-corrected chi connectivity index (χ0v) is 11.1. The predicted octanol–water partition coefficient (Wildman–Crippen LogP) is 3.14. The lowest BCUT2D eigenvalue weighted by Gasteiger charge is -2.25. The van der Waals surface area contributed by atoms with E-state index in [0.717, 1.165) is 6.54 Å². The van der Waals surface area contributed by atoms with Crippen molar-refractivity contribution in [3.8, 4) is 0 Å². The van der Waals surface area contributed by atoms with E-state index in [1.54, 1.807) is 0 Å². The fraction of sp³-hybridized carbons (Fsp3) is 0.375. The van der Waals surface area contributed by atoms with Crippen LogP contribution in [0, 0.1) is 0 Å². The molecule has 18 heavy (non-hydrogen) atoms. The maximum Gasteiger partial charge on any atom is 0.0390 e. The van der Waals surface area contributed by atoms with Gasteiger partial charge < -0.3 is 4.57 Å². The van der Waals surface area contributed by atoms with Gasteiger partial charge in [-0.1, -0.05) is 24.3 Å². The lowest BCUT2D eigenvalue weighted by atomic mass is 10.1. The molecular formula is C16H20N2. The van der Waals surface area contributed by atoms with Gasteiger partial charge in [0.15, 0.2) is 0 Å². The molecule has 1 unspecified atom stereocenters. The van der Waals surface area contributed by atoms with E-state index in [4.69, 9.17) is 0 Å². The molecule has 94 valence electrons. The first-order chi connectivity index (χ1) is 8.75. The molecule has 2 aromatic rings. The molecule has 0 amide bonds. The van der Waals surface area contributed by atoms with Crippen molar-refractivity contribution in [2.45, 2.75) is 25.4 Å². The highest BCUT2D eigenvalue weighted by atomic mass is 15.1. The van der Waals surface area contributed by atoms with E-state index < -0.39 is 0 Å². The number of aryl methyl sites for hydroxylation is 2. The highest BCUT2D eigenvalue weighted by molar-refractivity contribution is 5.34. The number of rotatable bonds is 3. The number of benzene rings is 1. The van der Waals surface area contributed by atoms with E-state index in [2.05, 4.69) is 66.2 Å². The summed E-state index contributed by atoms with van der Waals surface area (Å²) in [5.74, 6) is 0. The lowest BCUT2D eigenvalue weighted by molar-refractivity contribution is 0.231. The van der Waals surface area contributed by atoms with Gasteiger partial charge in [0.2, 0.25) is 0 Å². The smallest absolute Gasteiger partial charge is 0.0390 e. The molecule has 0 bridgehead atoms. The van der Waals surface area contributed by atoms with E-state index in [1.807, 2.05) is 0 Å². The zero-order chi connectivity index (χ0) is 12.5. The maximum absolute atomic E-state index is 2.47. The van der Waals surface area contributed by atoms with Gasteiger partial charge in [0, 0.05) is 31.5 Å². The number of aromatic nitrogens is 1. The van der Waals surface area contributed by atoms with Crippen LogP contribution in [-0.4, -0.2) is 16.5 Å². The highest BCUT2D eigenvalue weighted by Crippen LogP contribution is 2.35. The largest absolute Gasteiger partial charge is 0.353 e. The average Bonchev–Trinajstić information content (AvgIpc) is 2.96. The number of nitrogens with zero attached hydrogens (tertiary/aromatic N) is 2. The summed E-state index contributed by atoms with van der Waals surface area (Å²) in [5, 5.41) is 0. The standard InChI is InChI=1S/C16H20N2/c1-17-11-5-7-14(17)12-18(2)16-10-9-13-6-3-4-8-15(13)16/h3-8,11,16H,9-10,12H2,1-2H3. The minimum atomic E-state index is 0.580. The second-order valence-electron chi connectivity index (χ2n) is 5.28. The molecule has 0 aliphatic heterocycles. The molecule has 1 atom stereocenters. The van der Waals surface area contributed by atoms with E-state index >= 15 is 0 Å². The van der Waals surface area contributed by atoms with Crippen LogP contribution in [0.5, 0.6) is 0 Å². The summed E-state index contributed by atoms with van der Waals surface area (Å²) in [5.41, 5.74) is 4.43. The summed E-state index contributed by atoms with van der Waals surface area (Å²) in [4.78, 5) is 2.47. The Hall–Kier alpha value is -1.54. The molecular weight excluding hydrogens is 220 g/mol. The van der Waals surface area contributed by atoms with Gasteiger partial charge in [-0.15, -0.1) is 0 Å². The van der Waals surface area contributed by atoms with Gasteiger partial charge in [0.25, 0.3) is 0 Å². The van der Waals surface area contributed by atoms with Crippen molar-refractivity contribution in [1.82, 2.24) is 9.47 Å². The molecule has 3 rings (SSSR count).